The van der Waals surface area contributed by atoms with E-state index in [1.165, 1.54) is 6.92 Å². The summed E-state index contributed by atoms with van der Waals surface area (Å²) in [4.78, 5) is 25.2. The van der Waals surface area contributed by atoms with Gasteiger partial charge in [-0.05, 0) is 6.92 Å². The molecule has 0 aromatic carbocycles. The smallest absolute Gasteiger partial charge is 0.217 e. The fourth-order valence-electron chi connectivity index (χ4n) is 11.9. The highest BCUT2D eigenvalue weighted by Crippen LogP contribution is 2.38. The number of carbonyl (C=O) groups is 2. The summed E-state index contributed by atoms with van der Waals surface area (Å²) in [6.07, 6.45) is -74.9. The number of nitrogens with one attached hydrogen (secondary N) is 2. The number of hydrogen-bond acceptors (Lipinski definition) is 40. The summed E-state index contributed by atoms with van der Waals surface area (Å²) in [5, 5.41) is 254. The van der Waals surface area contributed by atoms with Crippen LogP contribution in [0.5, 0.6) is 0 Å². The van der Waals surface area contributed by atoms with Crippen LogP contribution in [0.4, 0.5) is 0 Å². The standard InChI is InChI=1S/C52H88N2O40/c1-11-23(61)31(69)36(74)47(83-11)81-10-20-42(29(67)21(45(79)84-20)53-12(2)59)91-46-22(54-13(3)60)30(68)41(17(7-58)88-46)92-51-40(78)43(93-49-38(76)33(71)25(63)15(5-56)86-49)28(66)19(89-51)9-82-52-44(94-50-39(77)34(72)26(64)16(6-57)87-50)35(73)27(65)18(90-52)8-80-48-37(75)32(70)24(62)14(4-55)85-48/h11,14-52,55-58,61-79H,4-10H2,1-3H3,(H,53,59)(H,54,60)/t11-,14-,15-,16-,17+,18+,19+,20+,21+,22+,23+,24-,25-,26-,27+,28+,29+,30+,31-,32+,33+,34+,35-,36-,37-,38-,39-,40-,41+,42+,43-,44-,45+,46-,47+,48-,49+,50+,51-,52-/m0/s1. The van der Waals surface area contributed by atoms with Gasteiger partial charge in [0.25, 0.3) is 0 Å². The Morgan fingerprint density at radius 2 is 0.638 bits per heavy atom. The van der Waals surface area contributed by atoms with E-state index in [4.69, 9.17) is 71.1 Å². The molecule has 546 valence electrons. The van der Waals surface area contributed by atoms with Crippen LogP contribution in [0, 0.1) is 0 Å². The third-order valence-electron chi connectivity index (χ3n) is 17.4. The number of amides is 2. The first-order valence-electron chi connectivity index (χ1n) is 30.0. The summed E-state index contributed by atoms with van der Waals surface area (Å²) < 4.78 is 86.7. The van der Waals surface area contributed by atoms with Gasteiger partial charge in [0, 0.05) is 13.8 Å². The number of hydrogen-bond donors (Lipinski definition) is 25. The molecule has 0 aliphatic carbocycles. The van der Waals surface area contributed by atoms with Gasteiger partial charge in [0.1, 0.15) is 189 Å². The monoisotopic (exact) mass is 1380 g/mol. The Bertz CT molecular complexity index is 2360. The van der Waals surface area contributed by atoms with Crippen LogP contribution in [0.2, 0.25) is 0 Å². The summed E-state index contributed by atoms with van der Waals surface area (Å²) in [6.45, 7) is -3.55. The Morgan fingerprint density at radius 1 is 0.298 bits per heavy atom. The first kappa shape index (κ1) is 77.2. The van der Waals surface area contributed by atoms with Crippen molar-refractivity contribution in [3.05, 3.63) is 0 Å². The molecule has 8 aliphatic heterocycles. The molecule has 42 heteroatoms. The molecule has 40 atom stereocenters. The van der Waals surface area contributed by atoms with Crippen molar-refractivity contribution < 1.29 is 198 Å². The molecular formula is C52H88N2O40. The first-order valence-corrected chi connectivity index (χ1v) is 30.0. The van der Waals surface area contributed by atoms with Gasteiger partial charge < -0.3 is 199 Å². The average molecular weight is 1380 g/mol. The van der Waals surface area contributed by atoms with E-state index in [1.807, 2.05) is 0 Å². The van der Waals surface area contributed by atoms with E-state index in [9.17, 15) is 127 Å². The summed E-state index contributed by atoms with van der Waals surface area (Å²) in [5.41, 5.74) is 0. The minimum atomic E-state index is -2.40. The summed E-state index contributed by atoms with van der Waals surface area (Å²) in [7, 11) is 0. The molecule has 0 aromatic rings. The van der Waals surface area contributed by atoms with Crippen molar-refractivity contribution in [2.75, 3.05) is 46.2 Å². The van der Waals surface area contributed by atoms with Crippen LogP contribution in [-0.2, 0) is 80.6 Å². The van der Waals surface area contributed by atoms with Crippen LogP contribution in [0.25, 0.3) is 0 Å². The van der Waals surface area contributed by atoms with Gasteiger partial charge in [0.05, 0.1) is 52.4 Å². The van der Waals surface area contributed by atoms with E-state index < -0.39 is 304 Å². The molecule has 94 heavy (non-hydrogen) atoms. The van der Waals surface area contributed by atoms with Crippen molar-refractivity contribution >= 4 is 11.8 Å². The van der Waals surface area contributed by atoms with E-state index >= 15 is 0 Å². The van der Waals surface area contributed by atoms with Gasteiger partial charge in [-0.3, -0.25) is 9.59 Å². The molecule has 8 rings (SSSR count). The molecule has 0 spiro atoms. The SMILES string of the molecule is CC(=O)N[C@@H]1[C@@H](O)[C@H](O[C@@H]2O[C@H](CO)[C@@H](O[C@@H]3O[C@H](CO[C@H]4O[C@H](CO[C@H]5O[C@@H](CO)[C@H](O)[C@@H](O)[C@@H]5O)[C@@H](O)[C@H](O)[C@@H]4O[C@H]4O[C@@H](CO)[C@H](O)[C@@H](O)[C@@H]4O)[C@@H](O)[C@H](O[C@H]4O[C@@H](CO)[C@H](O)[C@@H](O)[C@@H]4O)[C@@H]3O)[C@H](O)[C@H]2NC(C)=O)[C@@H](CO[C@@H]2O[C@@H](C)[C@@H](O)[C@H](O)[C@@H]2O)O[C@H]1O. The molecule has 25 N–H and O–H groups in total. The van der Waals surface area contributed by atoms with E-state index in [0.717, 1.165) is 13.8 Å². The zero-order valence-corrected chi connectivity index (χ0v) is 50.3. The van der Waals surface area contributed by atoms with Gasteiger partial charge in [-0.25, -0.2) is 0 Å². The fourth-order valence-corrected chi connectivity index (χ4v) is 11.9. The van der Waals surface area contributed by atoms with Gasteiger partial charge in [0.2, 0.25) is 11.8 Å². The lowest BCUT2D eigenvalue weighted by atomic mass is 9.94. The molecule has 42 nitrogen and oxygen atoms in total. The number of carbonyl (C=O) groups excluding carboxylic acids is 2. The second-order valence-corrected chi connectivity index (χ2v) is 23.9. The quantitative estimate of drug-likeness (QED) is 0.0452. The van der Waals surface area contributed by atoms with Gasteiger partial charge in [-0.2, -0.15) is 0 Å². The van der Waals surface area contributed by atoms with Crippen LogP contribution < -0.4 is 10.6 Å². The molecule has 8 heterocycles. The minimum Gasteiger partial charge on any atom is -0.394 e. The highest BCUT2D eigenvalue weighted by molar-refractivity contribution is 5.73. The highest BCUT2D eigenvalue weighted by atomic mass is 16.8. The topological polar surface area (TPSA) is 662 Å². The van der Waals surface area contributed by atoms with Crippen molar-refractivity contribution in [3.63, 3.8) is 0 Å². The third kappa shape index (κ3) is 16.7. The van der Waals surface area contributed by atoms with Crippen LogP contribution in [0.15, 0.2) is 0 Å². The second-order valence-electron chi connectivity index (χ2n) is 23.9. The molecule has 8 aliphatic rings. The first-order chi connectivity index (χ1) is 44.4. The van der Waals surface area contributed by atoms with Crippen molar-refractivity contribution in [1.29, 1.82) is 0 Å². The predicted octanol–water partition coefficient (Wildman–Crippen LogP) is -17.1. The molecular weight excluding hydrogens is 1290 g/mol. The van der Waals surface area contributed by atoms with Gasteiger partial charge >= 0.3 is 0 Å². The second kappa shape index (κ2) is 33.3. The van der Waals surface area contributed by atoms with E-state index in [0.29, 0.717) is 0 Å². The average Bonchev–Trinajstić information content (AvgIpc) is 1.42. The number of ether oxygens (including phenoxy) is 15. The number of aliphatic hydroxyl groups excluding tert-OH is 23. The lowest BCUT2D eigenvalue weighted by molar-refractivity contribution is -0.390. The van der Waals surface area contributed by atoms with Crippen LogP contribution in [0.3, 0.4) is 0 Å². The summed E-state index contributed by atoms with van der Waals surface area (Å²) >= 11 is 0. The third-order valence-corrected chi connectivity index (χ3v) is 17.4. The van der Waals surface area contributed by atoms with Crippen molar-refractivity contribution in [1.82, 2.24) is 10.6 Å². The number of aliphatic hydroxyl groups is 23. The Hall–Kier alpha value is -2.58. The lowest BCUT2D eigenvalue weighted by Gasteiger charge is -2.50. The Morgan fingerprint density at radius 3 is 1.15 bits per heavy atom. The van der Waals surface area contributed by atoms with Crippen molar-refractivity contribution in [2.45, 2.75) is 266 Å². The van der Waals surface area contributed by atoms with Gasteiger partial charge in [-0.1, -0.05) is 0 Å². The Kier molecular flexibility index (Phi) is 27.3. The van der Waals surface area contributed by atoms with Crippen LogP contribution in [-0.4, -0.2) is 421 Å². The Balaban J connectivity index is 1.08. The zero-order valence-electron chi connectivity index (χ0n) is 50.3. The van der Waals surface area contributed by atoms with Crippen LogP contribution in [0.1, 0.15) is 20.8 Å². The van der Waals surface area contributed by atoms with Crippen LogP contribution >= 0.6 is 0 Å². The molecule has 0 bridgehead atoms. The number of rotatable bonds is 23. The summed E-state index contributed by atoms with van der Waals surface area (Å²) in [5.74, 6) is -1.72. The molecule has 8 fully saturated rings. The predicted molar refractivity (Wildman–Crippen MR) is 286 cm³/mol. The maximum atomic E-state index is 13.0. The summed E-state index contributed by atoms with van der Waals surface area (Å²) in [6, 6.07) is -3.59. The van der Waals surface area contributed by atoms with Gasteiger partial charge in [-0.15, -0.1) is 0 Å². The normalized spacial score (nSPS) is 51.2. The minimum absolute atomic E-state index is 0.792. The lowest BCUT2D eigenvalue weighted by Crippen LogP contribution is -2.70. The van der Waals surface area contributed by atoms with E-state index in [2.05, 4.69) is 10.6 Å². The molecule has 0 aromatic heterocycles. The molecule has 0 saturated carbocycles. The van der Waals surface area contributed by atoms with Crippen molar-refractivity contribution in [2.24, 2.45) is 0 Å². The molecule has 8 saturated heterocycles. The Labute approximate surface area is 532 Å². The van der Waals surface area contributed by atoms with E-state index in [1.54, 1.807) is 0 Å². The van der Waals surface area contributed by atoms with E-state index in [-0.39, 0.29) is 0 Å². The fraction of sp³-hybridized carbons (Fsp3) is 0.962. The molecule has 0 radical (unpaired) electrons. The van der Waals surface area contributed by atoms with Crippen molar-refractivity contribution in [3.8, 4) is 0 Å². The zero-order chi connectivity index (χ0) is 69.2. The highest BCUT2D eigenvalue weighted by Gasteiger charge is 2.59. The van der Waals surface area contributed by atoms with Gasteiger partial charge in [0.15, 0.2) is 50.3 Å². The maximum absolute atomic E-state index is 13.0. The largest absolute Gasteiger partial charge is 0.394 e. The maximum Gasteiger partial charge on any atom is 0.217 e. The molecule has 0 unspecified atom stereocenters. The molecule has 2 amide bonds.